The van der Waals surface area contributed by atoms with Gasteiger partial charge in [-0.05, 0) is 57.0 Å². The number of benzene rings is 2. The van der Waals surface area contributed by atoms with Crippen LogP contribution in [0.4, 0.5) is 0 Å². The van der Waals surface area contributed by atoms with E-state index in [-0.39, 0.29) is 5.92 Å². The molecule has 0 saturated heterocycles. The Morgan fingerprint density at radius 1 is 1.15 bits per heavy atom. The van der Waals surface area contributed by atoms with Gasteiger partial charge < -0.3 is 4.55 Å². The highest BCUT2D eigenvalue weighted by Crippen LogP contribution is 2.30. The van der Waals surface area contributed by atoms with Crippen LogP contribution in [0.15, 0.2) is 65.6 Å². The van der Waals surface area contributed by atoms with Crippen LogP contribution >= 0.6 is 23.2 Å². The summed E-state index contributed by atoms with van der Waals surface area (Å²) >= 11 is 10.8. The Balaban J connectivity index is 2.60. The van der Waals surface area contributed by atoms with E-state index in [0.717, 1.165) is 16.8 Å². The molecule has 0 aliphatic rings. The van der Waals surface area contributed by atoms with Gasteiger partial charge in [-0.2, -0.15) is 0 Å². The first-order valence-corrected chi connectivity index (χ1v) is 10.2. The molecular formula is C21H23Cl2NOS. The molecule has 0 saturated carbocycles. The molecule has 5 heteroatoms. The van der Waals surface area contributed by atoms with Crippen LogP contribution in [-0.2, 0) is 11.4 Å². The van der Waals surface area contributed by atoms with Gasteiger partial charge in [0.2, 0.25) is 0 Å². The molecule has 0 N–H and O–H groups in total. The van der Waals surface area contributed by atoms with Gasteiger partial charge in [0.15, 0.2) is 0 Å². The van der Waals surface area contributed by atoms with Crippen molar-refractivity contribution in [3.05, 3.63) is 82.4 Å². The van der Waals surface area contributed by atoms with Crippen LogP contribution in [0.25, 0.3) is 0 Å². The highest BCUT2D eigenvalue weighted by Gasteiger charge is 2.30. The zero-order valence-electron chi connectivity index (χ0n) is 15.2. The van der Waals surface area contributed by atoms with Gasteiger partial charge >= 0.3 is 0 Å². The Labute approximate surface area is 169 Å². The molecule has 0 amide bonds. The SMILES string of the molecule is C=CC[C@@H](/C(=N/[S+]([O-])C(C)(C)C)c1ccc(Cl)cc1)c1cccc(Cl)c1. The second-order valence-electron chi connectivity index (χ2n) is 6.98. The van der Waals surface area contributed by atoms with Gasteiger partial charge in [0, 0.05) is 21.5 Å². The number of allylic oxidation sites excluding steroid dienone is 1. The second-order valence-corrected chi connectivity index (χ2v) is 9.76. The van der Waals surface area contributed by atoms with E-state index in [1.54, 1.807) is 0 Å². The lowest BCUT2D eigenvalue weighted by atomic mass is 9.87. The van der Waals surface area contributed by atoms with Gasteiger partial charge in [0.05, 0.1) is 0 Å². The maximum Gasteiger partial charge on any atom is 0.144 e. The molecule has 0 aliphatic heterocycles. The molecule has 2 aromatic carbocycles. The molecule has 26 heavy (non-hydrogen) atoms. The molecule has 2 aromatic rings. The van der Waals surface area contributed by atoms with Crippen molar-refractivity contribution in [3.8, 4) is 0 Å². The van der Waals surface area contributed by atoms with E-state index in [1.165, 1.54) is 0 Å². The van der Waals surface area contributed by atoms with Crippen LogP contribution in [0.5, 0.6) is 0 Å². The summed E-state index contributed by atoms with van der Waals surface area (Å²) in [5.41, 5.74) is 2.65. The molecule has 0 fully saturated rings. The Kier molecular flexibility index (Phi) is 7.36. The van der Waals surface area contributed by atoms with Gasteiger partial charge in [0.25, 0.3) is 0 Å². The summed E-state index contributed by atoms with van der Waals surface area (Å²) in [6.45, 7) is 9.61. The zero-order chi connectivity index (χ0) is 19.3. The third-order valence-electron chi connectivity index (χ3n) is 3.83. The van der Waals surface area contributed by atoms with E-state index >= 15 is 0 Å². The van der Waals surface area contributed by atoms with Crippen molar-refractivity contribution in [2.24, 2.45) is 4.40 Å². The van der Waals surface area contributed by atoms with Crippen molar-refractivity contribution < 1.29 is 4.55 Å². The van der Waals surface area contributed by atoms with Crippen LogP contribution in [0, 0.1) is 0 Å². The zero-order valence-corrected chi connectivity index (χ0v) is 17.5. The molecule has 2 atom stereocenters. The fraction of sp³-hybridized carbons (Fsp3) is 0.286. The van der Waals surface area contributed by atoms with Crippen molar-refractivity contribution in [3.63, 3.8) is 0 Å². The predicted molar refractivity (Wildman–Crippen MR) is 115 cm³/mol. The minimum atomic E-state index is -1.39. The number of rotatable bonds is 6. The highest BCUT2D eigenvalue weighted by atomic mass is 35.5. The van der Waals surface area contributed by atoms with E-state index < -0.39 is 16.1 Å². The molecule has 0 heterocycles. The normalized spacial score (nSPS) is 14.8. The number of nitrogens with zero attached hydrogens (tertiary/aromatic N) is 1. The van der Waals surface area contributed by atoms with E-state index in [9.17, 15) is 4.55 Å². The molecule has 0 aliphatic carbocycles. The standard InChI is InChI=1S/C21H23Cl2NOS/c1-5-7-19(16-8-6-9-18(23)14-16)20(24-26(25)21(2,3)4)15-10-12-17(22)13-11-15/h5-6,8-14,19H,1,7H2,2-4H3/b24-20+/t19-,26?/m1/s1. The van der Waals surface area contributed by atoms with Crippen molar-refractivity contribution in [2.75, 3.05) is 0 Å². The molecule has 0 bridgehead atoms. The Hall–Kier alpha value is -1.26. The van der Waals surface area contributed by atoms with Crippen LogP contribution in [0.2, 0.25) is 10.0 Å². The molecule has 0 aromatic heterocycles. The molecule has 138 valence electrons. The van der Waals surface area contributed by atoms with E-state index in [1.807, 2.05) is 75.4 Å². The van der Waals surface area contributed by atoms with Crippen LogP contribution in [-0.4, -0.2) is 15.0 Å². The Bertz CT molecular complexity index is 781. The van der Waals surface area contributed by atoms with Gasteiger partial charge in [0.1, 0.15) is 21.8 Å². The summed E-state index contributed by atoms with van der Waals surface area (Å²) in [5, 5.41) is 1.30. The first-order chi connectivity index (χ1) is 12.2. The minimum Gasteiger partial charge on any atom is -0.591 e. The summed E-state index contributed by atoms with van der Waals surface area (Å²) < 4.78 is 16.9. The van der Waals surface area contributed by atoms with Crippen LogP contribution < -0.4 is 0 Å². The highest BCUT2D eigenvalue weighted by molar-refractivity contribution is 7.91. The summed E-state index contributed by atoms with van der Waals surface area (Å²) in [5.74, 6) is -0.0984. The van der Waals surface area contributed by atoms with E-state index in [4.69, 9.17) is 23.2 Å². The first-order valence-electron chi connectivity index (χ1n) is 8.35. The molecule has 0 radical (unpaired) electrons. The molecule has 0 spiro atoms. The largest absolute Gasteiger partial charge is 0.591 e. The lowest BCUT2D eigenvalue weighted by Crippen LogP contribution is -2.28. The maximum atomic E-state index is 12.8. The van der Waals surface area contributed by atoms with Crippen molar-refractivity contribution >= 4 is 40.3 Å². The summed E-state index contributed by atoms with van der Waals surface area (Å²) in [6, 6.07) is 15.1. The lowest BCUT2D eigenvalue weighted by molar-refractivity contribution is 0.561. The van der Waals surface area contributed by atoms with Crippen LogP contribution in [0.3, 0.4) is 0 Å². The average Bonchev–Trinajstić information content (AvgIpc) is 2.58. The van der Waals surface area contributed by atoms with E-state index in [0.29, 0.717) is 16.5 Å². The predicted octanol–water partition coefficient (Wildman–Crippen LogP) is 6.60. The average molecular weight is 408 g/mol. The Morgan fingerprint density at radius 3 is 2.35 bits per heavy atom. The summed E-state index contributed by atoms with van der Waals surface area (Å²) in [4.78, 5) is 0. The fourth-order valence-corrected chi connectivity index (χ4v) is 3.47. The minimum absolute atomic E-state index is 0.0984. The molecular weight excluding hydrogens is 385 g/mol. The number of hydrogen-bond acceptors (Lipinski definition) is 2. The number of hydrogen-bond donors (Lipinski definition) is 0. The topological polar surface area (TPSA) is 35.4 Å². The van der Waals surface area contributed by atoms with Crippen molar-refractivity contribution in [1.29, 1.82) is 0 Å². The third kappa shape index (κ3) is 5.62. The number of halogens is 2. The quantitative estimate of drug-likeness (QED) is 0.301. The first kappa shape index (κ1) is 21.0. The van der Waals surface area contributed by atoms with Gasteiger partial charge in [-0.15, -0.1) is 6.58 Å². The fourth-order valence-electron chi connectivity index (χ4n) is 2.46. The van der Waals surface area contributed by atoms with Gasteiger partial charge in [-0.1, -0.05) is 57.9 Å². The molecule has 1 unspecified atom stereocenters. The van der Waals surface area contributed by atoms with Crippen molar-refractivity contribution in [1.82, 2.24) is 0 Å². The maximum absolute atomic E-state index is 12.8. The summed E-state index contributed by atoms with van der Waals surface area (Å²) in [6.07, 6.45) is 2.50. The van der Waals surface area contributed by atoms with Gasteiger partial charge in [-0.3, -0.25) is 0 Å². The van der Waals surface area contributed by atoms with Crippen molar-refractivity contribution in [2.45, 2.75) is 37.9 Å². The molecule has 2 nitrogen and oxygen atoms in total. The smallest absolute Gasteiger partial charge is 0.144 e. The lowest BCUT2D eigenvalue weighted by Gasteiger charge is -2.23. The Morgan fingerprint density at radius 2 is 1.81 bits per heavy atom. The van der Waals surface area contributed by atoms with E-state index in [2.05, 4.69) is 11.0 Å². The van der Waals surface area contributed by atoms with Gasteiger partial charge in [-0.25, -0.2) is 0 Å². The molecule has 2 rings (SSSR count). The second kappa shape index (κ2) is 9.09. The third-order valence-corrected chi connectivity index (χ3v) is 5.73. The monoisotopic (exact) mass is 407 g/mol. The van der Waals surface area contributed by atoms with Crippen LogP contribution in [0.1, 0.15) is 44.2 Å². The summed E-state index contributed by atoms with van der Waals surface area (Å²) in [7, 11) is 0.